The van der Waals surface area contributed by atoms with Crippen molar-refractivity contribution in [3.8, 4) is 11.9 Å². The lowest BCUT2D eigenvalue weighted by Gasteiger charge is -2.10. The van der Waals surface area contributed by atoms with Crippen molar-refractivity contribution in [1.82, 2.24) is 4.98 Å². The first kappa shape index (κ1) is 15.3. The van der Waals surface area contributed by atoms with Gasteiger partial charge in [0, 0.05) is 5.69 Å². The average Bonchev–Trinajstić information content (AvgIpc) is 2.94. The molecule has 23 heavy (non-hydrogen) atoms. The number of nitrogens with zero attached hydrogens (tertiary/aromatic N) is 2. The van der Waals surface area contributed by atoms with Crippen LogP contribution >= 0.6 is 0 Å². The summed E-state index contributed by atoms with van der Waals surface area (Å²) in [6.45, 7) is 0.272. The Kier molecular flexibility index (Phi) is 4.44. The molecule has 7 nitrogen and oxygen atoms in total. The molecule has 1 aromatic heterocycles. The second kappa shape index (κ2) is 6.66. The van der Waals surface area contributed by atoms with Crippen LogP contribution in [0.4, 0.5) is 11.5 Å². The third kappa shape index (κ3) is 3.27. The molecule has 0 saturated carbocycles. The highest BCUT2D eigenvalue weighted by Crippen LogP contribution is 2.22. The van der Waals surface area contributed by atoms with Crippen molar-refractivity contribution < 1.29 is 19.5 Å². The van der Waals surface area contributed by atoms with Gasteiger partial charge in [0.1, 0.15) is 24.1 Å². The monoisotopic (exact) mass is 311 g/mol. The van der Waals surface area contributed by atoms with Crippen LogP contribution in [0.15, 0.2) is 30.3 Å². The largest absolute Gasteiger partial charge is 0.491 e. The average molecular weight is 311 g/mol. The van der Waals surface area contributed by atoms with E-state index in [9.17, 15) is 5.02 Å². The number of nitrogens with one attached hydrogen (secondary N) is 1. The fourth-order valence-electron chi connectivity index (χ4n) is 2.30. The Morgan fingerprint density at radius 1 is 1.39 bits per heavy atom. The molecule has 0 amide bonds. The van der Waals surface area contributed by atoms with Crippen molar-refractivity contribution in [2.75, 3.05) is 18.5 Å². The summed E-state index contributed by atoms with van der Waals surface area (Å²) in [5.74, 6) is 0.683. The molecule has 3 N–H and O–H groups in total. The van der Waals surface area contributed by atoms with E-state index in [2.05, 4.69) is 10.3 Å². The Morgan fingerprint density at radius 2 is 2.26 bits per heavy atom. The number of fused-ring (bicyclic) bond motifs is 1. The molecule has 0 bridgehead atoms. The first-order valence-electron chi connectivity index (χ1n) is 7.05. The Balaban J connectivity index is 1.81. The molecule has 0 unspecified atom stereocenters. The number of anilines is 2. The first-order chi connectivity index (χ1) is 11.2. The van der Waals surface area contributed by atoms with E-state index in [1.165, 1.54) is 0 Å². The number of hydrogen-bond donors (Lipinski definition) is 3. The van der Waals surface area contributed by atoms with Gasteiger partial charge in [-0.05, 0) is 35.3 Å². The lowest BCUT2D eigenvalue weighted by atomic mass is 9.79. The summed E-state index contributed by atoms with van der Waals surface area (Å²) in [4.78, 5) is 4.24. The van der Waals surface area contributed by atoms with Crippen molar-refractivity contribution in [3.63, 3.8) is 0 Å². The van der Waals surface area contributed by atoms with E-state index >= 15 is 0 Å². The van der Waals surface area contributed by atoms with Crippen LogP contribution in [-0.4, -0.2) is 35.4 Å². The minimum atomic E-state index is -0.870. The number of aliphatic hydroxyl groups excluding tert-OH is 1. The van der Waals surface area contributed by atoms with Gasteiger partial charge in [-0.2, -0.15) is 10.2 Å². The van der Waals surface area contributed by atoms with Gasteiger partial charge in [0.2, 0.25) is 5.88 Å². The molecule has 8 heteroatoms. The van der Waals surface area contributed by atoms with E-state index in [0.717, 1.165) is 16.7 Å². The minimum Gasteiger partial charge on any atom is -0.474 e. The smallest absolute Gasteiger partial charge is 0.474 e. The van der Waals surface area contributed by atoms with E-state index in [-0.39, 0.29) is 19.1 Å². The second-order valence-electron chi connectivity index (χ2n) is 4.94. The van der Waals surface area contributed by atoms with E-state index in [1.807, 2.05) is 18.2 Å². The van der Waals surface area contributed by atoms with E-state index in [1.54, 1.807) is 18.2 Å². The number of rotatable bonds is 5. The van der Waals surface area contributed by atoms with Crippen LogP contribution in [0.1, 0.15) is 11.1 Å². The third-order valence-electron chi connectivity index (χ3n) is 3.39. The van der Waals surface area contributed by atoms with Gasteiger partial charge in [0.15, 0.2) is 0 Å². The minimum absolute atomic E-state index is 0.0687. The molecular formula is C15H14BN3O4. The first-order valence-corrected chi connectivity index (χ1v) is 7.05. The van der Waals surface area contributed by atoms with Crippen molar-refractivity contribution in [3.05, 3.63) is 41.5 Å². The predicted molar refractivity (Wildman–Crippen MR) is 83.7 cm³/mol. The topological polar surface area (TPSA) is 108 Å². The Labute approximate surface area is 133 Å². The highest BCUT2D eigenvalue weighted by atomic mass is 16.5. The maximum absolute atomic E-state index is 9.62. The molecule has 0 fully saturated rings. The van der Waals surface area contributed by atoms with Gasteiger partial charge in [0.25, 0.3) is 0 Å². The summed E-state index contributed by atoms with van der Waals surface area (Å²) in [5.41, 5.74) is 2.75. The standard InChI is InChI=1S/C15H14BN3O4/c17-8-10-1-4-14(19-15(10)22-6-5-20)18-12-2-3-13-11(7-12)9-23-16(13)21/h1-4,7,20-21H,5-6,9H2,(H,18,19). The molecule has 0 spiro atoms. The summed E-state index contributed by atoms with van der Waals surface area (Å²) in [6, 6.07) is 10.7. The highest BCUT2D eigenvalue weighted by Gasteiger charge is 2.27. The SMILES string of the molecule is N#Cc1ccc(Nc2ccc3c(c2)COB3O)nc1OCCO. The summed E-state index contributed by atoms with van der Waals surface area (Å²) in [6.07, 6.45) is 0. The van der Waals surface area contributed by atoms with Gasteiger partial charge >= 0.3 is 7.12 Å². The number of benzene rings is 1. The summed E-state index contributed by atoms with van der Waals surface area (Å²) in [7, 11) is -0.870. The fraction of sp³-hybridized carbons (Fsp3) is 0.200. The molecule has 2 aromatic rings. The zero-order chi connectivity index (χ0) is 16.2. The quantitative estimate of drug-likeness (QED) is 0.681. The van der Waals surface area contributed by atoms with Crippen molar-refractivity contribution in [2.24, 2.45) is 0 Å². The molecule has 0 saturated heterocycles. The van der Waals surface area contributed by atoms with E-state index in [0.29, 0.717) is 18.0 Å². The van der Waals surface area contributed by atoms with Crippen LogP contribution in [-0.2, 0) is 11.3 Å². The molecule has 1 aromatic carbocycles. The van der Waals surface area contributed by atoms with Gasteiger partial charge in [-0.15, -0.1) is 0 Å². The van der Waals surface area contributed by atoms with Crippen LogP contribution in [0.5, 0.6) is 5.88 Å². The maximum atomic E-state index is 9.62. The van der Waals surface area contributed by atoms with Crippen molar-refractivity contribution in [2.45, 2.75) is 6.61 Å². The van der Waals surface area contributed by atoms with E-state index in [4.69, 9.17) is 19.8 Å². The predicted octanol–water partition coefficient (Wildman–Crippen LogP) is 0.286. The summed E-state index contributed by atoms with van der Waals surface area (Å²) < 4.78 is 10.4. The molecule has 116 valence electrons. The molecule has 1 aliphatic rings. The van der Waals surface area contributed by atoms with E-state index < -0.39 is 7.12 Å². The van der Waals surface area contributed by atoms with Gasteiger partial charge in [-0.1, -0.05) is 6.07 Å². The summed E-state index contributed by atoms with van der Waals surface area (Å²) in [5, 5.41) is 30.6. The van der Waals surface area contributed by atoms with Gasteiger partial charge in [0.05, 0.1) is 13.2 Å². The number of nitriles is 1. The van der Waals surface area contributed by atoms with Gasteiger partial charge < -0.3 is 24.8 Å². The number of aliphatic hydroxyl groups is 1. The number of ether oxygens (including phenoxy) is 1. The van der Waals surface area contributed by atoms with Crippen LogP contribution < -0.4 is 15.5 Å². The Morgan fingerprint density at radius 3 is 3.04 bits per heavy atom. The van der Waals surface area contributed by atoms with Crippen LogP contribution in [0, 0.1) is 11.3 Å². The number of pyridine rings is 1. The number of hydrogen-bond acceptors (Lipinski definition) is 7. The molecular weight excluding hydrogens is 297 g/mol. The lowest BCUT2D eigenvalue weighted by Crippen LogP contribution is -2.27. The molecule has 2 heterocycles. The molecule has 0 atom stereocenters. The molecule has 0 aliphatic carbocycles. The fourth-order valence-corrected chi connectivity index (χ4v) is 2.30. The van der Waals surface area contributed by atoms with Crippen LogP contribution in [0.25, 0.3) is 0 Å². The molecule has 0 radical (unpaired) electrons. The summed E-state index contributed by atoms with van der Waals surface area (Å²) >= 11 is 0. The Hall–Kier alpha value is -2.60. The van der Waals surface area contributed by atoms with Crippen molar-refractivity contribution in [1.29, 1.82) is 5.26 Å². The highest BCUT2D eigenvalue weighted by molar-refractivity contribution is 6.61. The zero-order valence-corrected chi connectivity index (χ0v) is 12.2. The normalized spacial score (nSPS) is 12.7. The number of aromatic nitrogens is 1. The molecule has 3 rings (SSSR count). The van der Waals surface area contributed by atoms with Crippen LogP contribution in [0.2, 0.25) is 0 Å². The molecule has 1 aliphatic heterocycles. The van der Waals surface area contributed by atoms with Gasteiger partial charge in [-0.3, -0.25) is 0 Å². The van der Waals surface area contributed by atoms with Crippen LogP contribution in [0.3, 0.4) is 0 Å². The Bertz CT molecular complexity index is 763. The maximum Gasteiger partial charge on any atom is 0.491 e. The van der Waals surface area contributed by atoms with Gasteiger partial charge in [-0.25, -0.2) is 0 Å². The second-order valence-corrected chi connectivity index (χ2v) is 4.94. The lowest BCUT2D eigenvalue weighted by molar-refractivity contribution is 0.196. The zero-order valence-electron chi connectivity index (χ0n) is 12.2. The van der Waals surface area contributed by atoms with Crippen molar-refractivity contribution >= 4 is 24.1 Å². The third-order valence-corrected chi connectivity index (χ3v) is 3.39.